The summed E-state index contributed by atoms with van der Waals surface area (Å²) < 4.78 is 0. The van der Waals surface area contributed by atoms with Crippen molar-refractivity contribution >= 4 is 23.5 Å². The molecule has 0 aromatic heterocycles. The maximum atomic E-state index is 12.0. The van der Waals surface area contributed by atoms with E-state index < -0.39 is 5.97 Å². The normalized spacial score (nSPS) is 10.2. The number of nitrogens with zero attached hydrogens (tertiary/aromatic N) is 1. The van der Waals surface area contributed by atoms with Crippen molar-refractivity contribution in [1.82, 2.24) is 4.90 Å². The standard InChI is InChI=1S/C16H14ClNO3/c1-18(2)15(19)12-5-3-4-10(8-12)11-6-7-14(17)13(9-11)16(20)21/h3-9H,1-2H3,(H,20,21). The van der Waals surface area contributed by atoms with E-state index in [1.165, 1.54) is 11.0 Å². The van der Waals surface area contributed by atoms with Crippen molar-refractivity contribution in [2.45, 2.75) is 0 Å². The predicted molar refractivity (Wildman–Crippen MR) is 81.9 cm³/mol. The van der Waals surface area contributed by atoms with E-state index in [0.29, 0.717) is 11.1 Å². The van der Waals surface area contributed by atoms with Gasteiger partial charge in [-0.05, 0) is 35.4 Å². The number of carbonyl (C=O) groups excluding carboxylic acids is 1. The largest absolute Gasteiger partial charge is 0.478 e. The summed E-state index contributed by atoms with van der Waals surface area (Å²) in [6, 6.07) is 11.8. The van der Waals surface area contributed by atoms with Gasteiger partial charge < -0.3 is 10.0 Å². The first-order valence-corrected chi connectivity index (χ1v) is 6.63. The van der Waals surface area contributed by atoms with Gasteiger partial charge in [0.25, 0.3) is 5.91 Å². The van der Waals surface area contributed by atoms with E-state index in [-0.39, 0.29) is 16.5 Å². The maximum Gasteiger partial charge on any atom is 0.337 e. The fraction of sp³-hybridized carbons (Fsp3) is 0.125. The molecule has 0 radical (unpaired) electrons. The first kappa shape index (κ1) is 15.1. The van der Waals surface area contributed by atoms with Crippen LogP contribution in [0.2, 0.25) is 5.02 Å². The lowest BCUT2D eigenvalue weighted by atomic mass is 10.0. The van der Waals surface area contributed by atoms with Crippen LogP contribution in [0, 0.1) is 0 Å². The van der Waals surface area contributed by atoms with Crippen molar-refractivity contribution in [3.8, 4) is 11.1 Å². The highest BCUT2D eigenvalue weighted by Gasteiger charge is 2.12. The number of benzene rings is 2. The number of amides is 1. The van der Waals surface area contributed by atoms with Crippen LogP contribution in [0.15, 0.2) is 42.5 Å². The van der Waals surface area contributed by atoms with Crippen molar-refractivity contribution in [2.75, 3.05) is 14.1 Å². The second-order valence-electron chi connectivity index (χ2n) is 4.78. The number of rotatable bonds is 3. The molecule has 108 valence electrons. The van der Waals surface area contributed by atoms with Crippen LogP contribution in [-0.2, 0) is 0 Å². The second kappa shape index (κ2) is 5.97. The molecule has 2 rings (SSSR count). The molecule has 0 aliphatic carbocycles. The zero-order valence-corrected chi connectivity index (χ0v) is 12.4. The molecule has 0 fully saturated rings. The SMILES string of the molecule is CN(C)C(=O)c1cccc(-c2ccc(Cl)c(C(=O)O)c2)c1. The maximum absolute atomic E-state index is 12.0. The van der Waals surface area contributed by atoms with Crippen LogP contribution in [0.1, 0.15) is 20.7 Å². The number of halogens is 1. The van der Waals surface area contributed by atoms with Crippen LogP contribution in [0.3, 0.4) is 0 Å². The van der Waals surface area contributed by atoms with Gasteiger partial charge in [-0.15, -0.1) is 0 Å². The third-order valence-corrected chi connectivity index (χ3v) is 3.38. The highest BCUT2D eigenvalue weighted by atomic mass is 35.5. The minimum Gasteiger partial charge on any atom is -0.478 e. The molecule has 1 N–H and O–H groups in total. The third kappa shape index (κ3) is 3.23. The molecular formula is C16H14ClNO3. The third-order valence-electron chi connectivity index (χ3n) is 3.05. The Hall–Kier alpha value is -2.33. The van der Waals surface area contributed by atoms with Gasteiger partial charge in [0.1, 0.15) is 0 Å². The average Bonchev–Trinajstić information content (AvgIpc) is 2.46. The summed E-state index contributed by atoms with van der Waals surface area (Å²) in [5, 5.41) is 9.29. The zero-order chi connectivity index (χ0) is 15.6. The van der Waals surface area contributed by atoms with Gasteiger partial charge in [-0.3, -0.25) is 4.79 Å². The number of hydrogen-bond donors (Lipinski definition) is 1. The number of carboxylic acid groups (broad SMARTS) is 1. The molecule has 0 aliphatic rings. The highest BCUT2D eigenvalue weighted by molar-refractivity contribution is 6.33. The molecular weight excluding hydrogens is 290 g/mol. The molecule has 0 saturated carbocycles. The van der Waals surface area contributed by atoms with Gasteiger partial charge in [-0.25, -0.2) is 4.79 Å². The molecule has 0 heterocycles. The average molecular weight is 304 g/mol. The quantitative estimate of drug-likeness (QED) is 0.945. The number of hydrogen-bond acceptors (Lipinski definition) is 2. The van der Waals surface area contributed by atoms with Gasteiger partial charge >= 0.3 is 5.97 Å². The zero-order valence-electron chi connectivity index (χ0n) is 11.6. The molecule has 0 bridgehead atoms. The highest BCUT2D eigenvalue weighted by Crippen LogP contribution is 2.26. The van der Waals surface area contributed by atoms with Gasteiger partial charge in [0.05, 0.1) is 10.6 Å². The lowest BCUT2D eigenvalue weighted by Gasteiger charge is -2.11. The van der Waals surface area contributed by atoms with Crippen LogP contribution in [0.5, 0.6) is 0 Å². The van der Waals surface area contributed by atoms with Gasteiger partial charge in [-0.2, -0.15) is 0 Å². The van der Waals surface area contributed by atoms with E-state index in [0.717, 1.165) is 5.56 Å². The molecule has 0 saturated heterocycles. The molecule has 21 heavy (non-hydrogen) atoms. The summed E-state index contributed by atoms with van der Waals surface area (Å²) in [6.45, 7) is 0. The molecule has 4 nitrogen and oxygen atoms in total. The first-order valence-electron chi connectivity index (χ1n) is 6.25. The molecule has 2 aromatic rings. The topological polar surface area (TPSA) is 57.6 Å². The summed E-state index contributed by atoms with van der Waals surface area (Å²) in [7, 11) is 3.36. The van der Waals surface area contributed by atoms with E-state index in [9.17, 15) is 9.59 Å². The van der Waals surface area contributed by atoms with E-state index in [1.54, 1.807) is 44.4 Å². The van der Waals surface area contributed by atoms with Crippen molar-refractivity contribution in [3.63, 3.8) is 0 Å². The van der Waals surface area contributed by atoms with E-state index >= 15 is 0 Å². The van der Waals surface area contributed by atoms with Crippen LogP contribution in [-0.4, -0.2) is 36.0 Å². The van der Waals surface area contributed by atoms with Crippen molar-refractivity contribution in [3.05, 3.63) is 58.6 Å². The lowest BCUT2D eigenvalue weighted by Crippen LogP contribution is -2.21. The van der Waals surface area contributed by atoms with Crippen LogP contribution in [0.4, 0.5) is 0 Å². The van der Waals surface area contributed by atoms with E-state index in [4.69, 9.17) is 16.7 Å². The Morgan fingerprint density at radius 3 is 2.33 bits per heavy atom. The predicted octanol–water partition coefficient (Wildman–Crippen LogP) is 3.41. The van der Waals surface area contributed by atoms with Crippen LogP contribution < -0.4 is 0 Å². The minimum atomic E-state index is -1.08. The summed E-state index contributed by atoms with van der Waals surface area (Å²) in [4.78, 5) is 24.6. The number of aromatic carboxylic acids is 1. The van der Waals surface area contributed by atoms with E-state index in [2.05, 4.69) is 0 Å². The molecule has 0 atom stereocenters. The van der Waals surface area contributed by atoms with Crippen molar-refractivity contribution in [2.24, 2.45) is 0 Å². The van der Waals surface area contributed by atoms with Gasteiger partial charge in [0.2, 0.25) is 0 Å². The fourth-order valence-electron chi connectivity index (χ4n) is 1.96. The Labute approximate surface area is 127 Å². The molecule has 0 aliphatic heterocycles. The smallest absolute Gasteiger partial charge is 0.337 e. The Morgan fingerprint density at radius 1 is 1.05 bits per heavy atom. The Bertz CT molecular complexity index is 710. The summed E-state index contributed by atoms with van der Waals surface area (Å²) in [5.41, 5.74) is 2.05. The summed E-state index contributed by atoms with van der Waals surface area (Å²) in [5.74, 6) is -1.19. The Balaban J connectivity index is 2.48. The second-order valence-corrected chi connectivity index (χ2v) is 5.19. The Kier molecular flexibility index (Phi) is 4.29. The van der Waals surface area contributed by atoms with Gasteiger partial charge in [0, 0.05) is 19.7 Å². The molecule has 1 amide bonds. The number of carbonyl (C=O) groups is 2. The monoisotopic (exact) mass is 303 g/mol. The summed E-state index contributed by atoms with van der Waals surface area (Å²) in [6.07, 6.45) is 0. The Morgan fingerprint density at radius 2 is 1.71 bits per heavy atom. The van der Waals surface area contributed by atoms with E-state index in [1.807, 2.05) is 6.07 Å². The van der Waals surface area contributed by atoms with Crippen LogP contribution in [0.25, 0.3) is 11.1 Å². The van der Waals surface area contributed by atoms with Gasteiger partial charge in [-0.1, -0.05) is 29.8 Å². The fourth-order valence-corrected chi connectivity index (χ4v) is 2.16. The van der Waals surface area contributed by atoms with Crippen LogP contribution >= 0.6 is 11.6 Å². The van der Waals surface area contributed by atoms with Crippen molar-refractivity contribution in [1.29, 1.82) is 0 Å². The minimum absolute atomic E-state index is 0.0403. The van der Waals surface area contributed by atoms with Crippen molar-refractivity contribution < 1.29 is 14.7 Å². The molecule has 0 unspecified atom stereocenters. The number of carboxylic acids is 1. The summed E-state index contributed by atoms with van der Waals surface area (Å²) >= 11 is 5.86. The molecule has 2 aromatic carbocycles. The molecule has 5 heteroatoms. The lowest BCUT2D eigenvalue weighted by molar-refractivity contribution is 0.0696. The first-order chi connectivity index (χ1) is 9.90. The molecule has 0 spiro atoms. The van der Waals surface area contributed by atoms with Gasteiger partial charge in [0.15, 0.2) is 0 Å².